The molecule has 0 N–H and O–H groups in total. The molecule has 0 aliphatic rings. The number of benzene rings is 2. The van der Waals surface area contributed by atoms with Gasteiger partial charge < -0.3 is 4.74 Å². The van der Waals surface area contributed by atoms with Gasteiger partial charge in [0, 0.05) is 18.0 Å². The highest BCUT2D eigenvalue weighted by atomic mass is 16.5. The van der Waals surface area contributed by atoms with E-state index in [1.165, 1.54) is 14.0 Å². The van der Waals surface area contributed by atoms with E-state index in [1.54, 1.807) is 4.57 Å². The van der Waals surface area contributed by atoms with Gasteiger partial charge in [0.15, 0.2) is 0 Å². The van der Waals surface area contributed by atoms with E-state index < -0.39 is 5.92 Å². The molecular weight excluding hydrogens is 302 g/mol. The molecule has 24 heavy (non-hydrogen) atoms. The molecule has 1 aromatic heterocycles. The molecular formula is C20H19NO3. The summed E-state index contributed by atoms with van der Waals surface area (Å²) in [7, 11) is 1.38. The van der Waals surface area contributed by atoms with Crippen LogP contribution in [0.3, 0.4) is 0 Å². The minimum atomic E-state index is -0.534. The van der Waals surface area contributed by atoms with Crippen LogP contribution in [0.25, 0.3) is 10.9 Å². The van der Waals surface area contributed by atoms with Crippen LogP contribution in [-0.2, 0) is 16.0 Å². The topological polar surface area (TPSA) is 48.3 Å². The highest BCUT2D eigenvalue weighted by Gasteiger charge is 2.27. The Morgan fingerprint density at radius 3 is 2.38 bits per heavy atom. The summed E-state index contributed by atoms with van der Waals surface area (Å²) >= 11 is 0. The Labute approximate surface area is 140 Å². The zero-order valence-electron chi connectivity index (χ0n) is 13.7. The van der Waals surface area contributed by atoms with Gasteiger partial charge in [-0.2, -0.15) is 0 Å². The number of fused-ring (bicyclic) bond motifs is 1. The highest BCUT2D eigenvalue weighted by molar-refractivity contribution is 5.94. The first kappa shape index (κ1) is 16.0. The fourth-order valence-corrected chi connectivity index (χ4v) is 3.08. The zero-order chi connectivity index (χ0) is 17.1. The molecule has 4 heteroatoms. The second-order valence-electron chi connectivity index (χ2n) is 5.75. The maximum absolute atomic E-state index is 12.4. The molecule has 2 aromatic carbocycles. The van der Waals surface area contributed by atoms with Gasteiger partial charge in [-0.3, -0.25) is 14.2 Å². The lowest BCUT2D eigenvalue weighted by Gasteiger charge is -2.17. The number of hydrogen-bond acceptors (Lipinski definition) is 3. The number of nitrogens with zero attached hydrogens (tertiary/aromatic N) is 1. The molecule has 0 aliphatic carbocycles. The second-order valence-corrected chi connectivity index (χ2v) is 5.75. The Kier molecular flexibility index (Phi) is 4.47. The molecule has 0 saturated carbocycles. The van der Waals surface area contributed by atoms with E-state index in [0.717, 1.165) is 16.5 Å². The number of carbonyl (C=O) groups excluding carboxylic acids is 2. The Hall–Kier alpha value is -2.88. The minimum Gasteiger partial charge on any atom is -0.468 e. The van der Waals surface area contributed by atoms with Crippen LogP contribution in [0.5, 0.6) is 0 Å². The SMILES string of the molecule is COC(=O)C(Cc1ccccc1)c1cc2ccccc2n1C(C)=O. The van der Waals surface area contributed by atoms with Gasteiger partial charge in [-0.1, -0.05) is 48.5 Å². The third kappa shape index (κ3) is 2.95. The summed E-state index contributed by atoms with van der Waals surface area (Å²) in [4.78, 5) is 24.6. The number of para-hydroxylation sites is 1. The Morgan fingerprint density at radius 2 is 1.71 bits per heavy atom. The number of ether oxygens (including phenoxy) is 1. The Morgan fingerprint density at radius 1 is 1.04 bits per heavy atom. The lowest BCUT2D eigenvalue weighted by molar-refractivity contribution is -0.142. The number of aromatic nitrogens is 1. The number of rotatable bonds is 4. The van der Waals surface area contributed by atoms with Crippen LogP contribution >= 0.6 is 0 Å². The van der Waals surface area contributed by atoms with Crippen molar-refractivity contribution in [2.45, 2.75) is 19.3 Å². The van der Waals surface area contributed by atoms with Gasteiger partial charge in [-0.15, -0.1) is 0 Å². The van der Waals surface area contributed by atoms with Gasteiger partial charge in [0.1, 0.15) is 5.92 Å². The van der Waals surface area contributed by atoms with Crippen molar-refractivity contribution in [3.63, 3.8) is 0 Å². The minimum absolute atomic E-state index is 0.117. The average molecular weight is 321 g/mol. The summed E-state index contributed by atoms with van der Waals surface area (Å²) in [5.74, 6) is -0.994. The summed E-state index contributed by atoms with van der Waals surface area (Å²) in [5.41, 5.74) is 2.50. The third-order valence-corrected chi connectivity index (χ3v) is 4.18. The molecule has 1 heterocycles. The lowest BCUT2D eigenvalue weighted by Crippen LogP contribution is -2.22. The molecule has 1 atom stereocenters. The third-order valence-electron chi connectivity index (χ3n) is 4.18. The van der Waals surface area contributed by atoms with Crippen LogP contribution in [0, 0.1) is 0 Å². The van der Waals surface area contributed by atoms with Crippen LogP contribution < -0.4 is 0 Å². The summed E-state index contributed by atoms with van der Waals surface area (Å²) in [6, 6.07) is 19.3. The van der Waals surface area contributed by atoms with E-state index in [9.17, 15) is 9.59 Å². The molecule has 0 aliphatic heterocycles. The van der Waals surface area contributed by atoms with Gasteiger partial charge >= 0.3 is 5.97 Å². The maximum Gasteiger partial charge on any atom is 0.315 e. The van der Waals surface area contributed by atoms with E-state index in [0.29, 0.717) is 12.1 Å². The quantitative estimate of drug-likeness (QED) is 0.687. The van der Waals surface area contributed by atoms with E-state index in [-0.39, 0.29) is 11.9 Å². The molecule has 1 unspecified atom stereocenters. The van der Waals surface area contributed by atoms with Crippen molar-refractivity contribution in [1.82, 2.24) is 4.57 Å². The van der Waals surface area contributed by atoms with Crippen molar-refractivity contribution in [2.75, 3.05) is 7.11 Å². The fraction of sp³-hybridized carbons (Fsp3) is 0.200. The van der Waals surface area contributed by atoms with Gasteiger partial charge in [0.05, 0.1) is 12.6 Å². The summed E-state index contributed by atoms with van der Waals surface area (Å²) in [6.45, 7) is 1.51. The number of hydrogen-bond donors (Lipinski definition) is 0. The van der Waals surface area contributed by atoms with Crippen molar-refractivity contribution >= 4 is 22.8 Å². The van der Waals surface area contributed by atoms with Gasteiger partial charge in [0.2, 0.25) is 5.91 Å². The zero-order valence-corrected chi connectivity index (χ0v) is 13.7. The standard InChI is InChI=1S/C20H19NO3/c1-14(22)21-18-11-7-6-10-16(18)13-19(21)17(20(23)24-2)12-15-8-4-3-5-9-15/h3-11,13,17H,12H2,1-2H3. The fourth-order valence-electron chi connectivity index (χ4n) is 3.08. The van der Waals surface area contributed by atoms with E-state index in [1.807, 2.05) is 60.7 Å². The first-order valence-electron chi connectivity index (χ1n) is 7.85. The van der Waals surface area contributed by atoms with Crippen molar-refractivity contribution in [3.05, 3.63) is 71.9 Å². The second kappa shape index (κ2) is 6.71. The molecule has 4 nitrogen and oxygen atoms in total. The molecule has 3 rings (SSSR count). The predicted octanol–water partition coefficient (Wildman–Crippen LogP) is 3.80. The smallest absolute Gasteiger partial charge is 0.315 e. The van der Waals surface area contributed by atoms with Crippen molar-refractivity contribution in [2.24, 2.45) is 0 Å². The van der Waals surface area contributed by atoms with Crippen LogP contribution in [0.2, 0.25) is 0 Å². The molecule has 0 saturated heterocycles. The van der Waals surface area contributed by atoms with Crippen molar-refractivity contribution < 1.29 is 14.3 Å². The predicted molar refractivity (Wildman–Crippen MR) is 93.1 cm³/mol. The van der Waals surface area contributed by atoms with E-state index >= 15 is 0 Å². The summed E-state index contributed by atoms with van der Waals surface area (Å²) in [5, 5.41) is 0.935. The van der Waals surface area contributed by atoms with E-state index in [4.69, 9.17) is 4.74 Å². The molecule has 0 radical (unpaired) electrons. The Balaban J connectivity index is 2.14. The van der Waals surface area contributed by atoms with Gasteiger partial charge in [-0.05, 0) is 24.1 Å². The lowest BCUT2D eigenvalue weighted by atomic mass is 9.96. The average Bonchev–Trinajstić information content (AvgIpc) is 2.99. The number of esters is 1. The van der Waals surface area contributed by atoms with Gasteiger partial charge in [-0.25, -0.2) is 0 Å². The normalized spacial score (nSPS) is 12.1. The van der Waals surface area contributed by atoms with Crippen LogP contribution in [0.1, 0.15) is 28.9 Å². The molecule has 0 fully saturated rings. The highest BCUT2D eigenvalue weighted by Crippen LogP contribution is 2.29. The van der Waals surface area contributed by atoms with Crippen LogP contribution in [-0.4, -0.2) is 23.6 Å². The monoisotopic (exact) mass is 321 g/mol. The first-order chi connectivity index (χ1) is 11.6. The first-order valence-corrected chi connectivity index (χ1v) is 7.85. The summed E-state index contributed by atoms with van der Waals surface area (Å²) < 4.78 is 6.62. The van der Waals surface area contributed by atoms with E-state index in [2.05, 4.69) is 0 Å². The summed E-state index contributed by atoms with van der Waals surface area (Å²) in [6.07, 6.45) is 0.483. The molecule has 3 aromatic rings. The van der Waals surface area contributed by atoms with Crippen molar-refractivity contribution in [1.29, 1.82) is 0 Å². The van der Waals surface area contributed by atoms with Gasteiger partial charge in [0.25, 0.3) is 0 Å². The van der Waals surface area contributed by atoms with Crippen LogP contribution in [0.15, 0.2) is 60.7 Å². The molecule has 0 spiro atoms. The molecule has 122 valence electrons. The molecule has 0 bridgehead atoms. The Bertz CT molecular complexity index is 880. The van der Waals surface area contributed by atoms with Crippen molar-refractivity contribution in [3.8, 4) is 0 Å². The molecule has 0 amide bonds. The largest absolute Gasteiger partial charge is 0.468 e. The maximum atomic E-state index is 12.4. The number of carbonyl (C=O) groups is 2. The van der Waals surface area contributed by atoms with Crippen LogP contribution in [0.4, 0.5) is 0 Å². The number of methoxy groups -OCH3 is 1.